The monoisotopic (exact) mass is 265 g/mol. The van der Waals surface area contributed by atoms with E-state index in [0.717, 1.165) is 30.1 Å². The molecular weight excluding hydrogens is 254 g/mol. The molecule has 1 unspecified atom stereocenters. The summed E-state index contributed by atoms with van der Waals surface area (Å²) < 4.78 is 50.4. The fraction of sp³-hybridized carbons (Fsp3) is 0.455. The maximum Gasteiger partial charge on any atom is 0.416 e. The average Bonchev–Trinajstić information content (AvgIpc) is 2.72. The van der Waals surface area contributed by atoms with Gasteiger partial charge in [0.25, 0.3) is 0 Å². The summed E-state index contributed by atoms with van der Waals surface area (Å²) in [6, 6.07) is 2.73. The highest BCUT2D eigenvalue weighted by molar-refractivity contribution is 7.99. The van der Waals surface area contributed by atoms with Gasteiger partial charge < -0.3 is 5.32 Å². The lowest BCUT2D eigenvalue weighted by molar-refractivity contribution is -0.137. The highest BCUT2D eigenvalue weighted by Crippen LogP contribution is 2.32. The lowest BCUT2D eigenvalue weighted by Crippen LogP contribution is -2.19. The Hall–Kier alpha value is -0.910. The topological polar surface area (TPSA) is 12.0 Å². The predicted molar refractivity (Wildman–Crippen MR) is 60.8 cm³/mol. The largest absolute Gasteiger partial charge is 0.416 e. The van der Waals surface area contributed by atoms with E-state index in [1.807, 2.05) is 0 Å². The van der Waals surface area contributed by atoms with Gasteiger partial charge in [-0.15, -0.1) is 0 Å². The van der Waals surface area contributed by atoms with Crippen LogP contribution in [0.5, 0.6) is 0 Å². The van der Waals surface area contributed by atoms with E-state index in [0.29, 0.717) is 6.07 Å². The molecule has 0 saturated carbocycles. The molecule has 6 heteroatoms. The molecule has 0 amide bonds. The van der Waals surface area contributed by atoms with Crippen LogP contribution in [0.2, 0.25) is 0 Å². The lowest BCUT2D eigenvalue weighted by atomic mass is 10.1. The zero-order chi connectivity index (χ0) is 12.5. The molecule has 1 aliphatic heterocycles. The Balaban J connectivity index is 2.14. The third kappa shape index (κ3) is 3.06. The van der Waals surface area contributed by atoms with Crippen molar-refractivity contribution in [2.75, 3.05) is 16.8 Å². The molecule has 1 nitrogen and oxygen atoms in total. The summed E-state index contributed by atoms with van der Waals surface area (Å²) >= 11 is 1.75. The summed E-state index contributed by atoms with van der Waals surface area (Å²) in [6.45, 7) is 0. The molecule has 0 spiro atoms. The first-order valence-electron chi connectivity index (χ1n) is 5.18. The predicted octanol–water partition coefficient (Wildman–Crippen LogP) is 3.76. The van der Waals surface area contributed by atoms with Crippen molar-refractivity contribution in [2.24, 2.45) is 0 Å². The van der Waals surface area contributed by atoms with Crippen molar-refractivity contribution in [3.05, 3.63) is 29.6 Å². The number of anilines is 1. The van der Waals surface area contributed by atoms with E-state index in [1.54, 1.807) is 11.8 Å². The maximum atomic E-state index is 13.5. The van der Waals surface area contributed by atoms with E-state index in [2.05, 4.69) is 5.32 Å². The number of hydrogen-bond acceptors (Lipinski definition) is 2. The first-order valence-corrected chi connectivity index (χ1v) is 6.33. The number of halogens is 4. The van der Waals surface area contributed by atoms with Crippen molar-refractivity contribution in [1.82, 2.24) is 0 Å². The molecule has 0 aliphatic carbocycles. The molecule has 1 aromatic rings. The van der Waals surface area contributed by atoms with Gasteiger partial charge in [0.2, 0.25) is 0 Å². The quantitative estimate of drug-likeness (QED) is 0.817. The summed E-state index contributed by atoms with van der Waals surface area (Å²) in [6.07, 6.45) is -3.59. The number of alkyl halides is 3. The highest BCUT2D eigenvalue weighted by Gasteiger charge is 2.31. The summed E-state index contributed by atoms with van der Waals surface area (Å²) in [5, 5.41) is 2.92. The minimum Gasteiger partial charge on any atom is -0.379 e. The second-order valence-corrected chi connectivity index (χ2v) is 5.05. The van der Waals surface area contributed by atoms with Crippen LogP contribution in [0.25, 0.3) is 0 Å². The molecule has 17 heavy (non-hydrogen) atoms. The van der Waals surface area contributed by atoms with Crippen LogP contribution >= 0.6 is 11.8 Å². The van der Waals surface area contributed by atoms with Crippen molar-refractivity contribution in [3.8, 4) is 0 Å². The van der Waals surface area contributed by atoms with Crippen LogP contribution in [0.4, 0.5) is 23.2 Å². The summed E-state index contributed by atoms with van der Waals surface area (Å²) in [7, 11) is 0. The molecule has 1 heterocycles. The van der Waals surface area contributed by atoms with Crippen LogP contribution in [0.15, 0.2) is 18.2 Å². The van der Waals surface area contributed by atoms with Gasteiger partial charge >= 0.3 is 6.18 Å². The van der Waals surface area contributed by atoms with Crippen LogP contribution < -0.4 is 5.32 Å². The van der Waals surface area contributed by atoms with Crippen LogP contribution in [-0.2, 0) is 6.18 Å². The zero-order valence-electron chi connectivity index (χ0n) is 8.85. The van der Waals surface area contributed by atoms with E-state index in [4.69, 9.17) is 0 Å². The van der Waals surface area contributed by atoms with Gasteiger partial charge in [-0.25, -0.2) is 4.39 Å². The summed E-state index contributed by atoms with van der Waals surface area (Å²) in [5.74, 6) is 1.01. The van der Waals surface area contributed by atoms with E-state index in [-0.39, 0.29) is 11.7 Å². The molecule has 1 aliphatic rings. The Morgan fingerprint density at radius 2 is 2.06 bits per heavy atom. The molecular formula is C11H11F4NS. The van der Waals surface area contributed by atoms with Crippen LogP contribution in [0.3, 0.4) is 0 Å². The lowest BCUT2D eigenvalue weighted by Gasteiger charge is -2.15. The second kappa shape index (κ2) is 4.76. The molecule has 94 valence electrons. The Labute approximate surface area is 101 Å². The van der Waals surface area contributed by atoms with Crippen LogP contribution in [0, 0.1) is 5.82 Å². The Bertz CT molecular complexity index is 399. The van der Waals surface area contributed by atoms with Gasteiger partial charge in [0, 0.05) is 11.8 Å². The number of rotatable bonds is 2. The molecule has 2 rings (SSSR count). The van der Waals surface area contributed by atoms with Crippen LogP contribution in [-0.4, -0.2) is 17.5 Å². The first-order chi connectivity index (χ1) is 7.97. The summed E-state index contributed by atoms with van der Waals surface area (Å²) in [5.41, 5.74) is -0.813. The number of benzene rings is 1. The van der Waals surface area contributed by atoms with Gasteiger partial charge in [0.15, 0.2) is 0 Å². The average molecular weight is 265 g/mol. The zero-order valence-corrected chi connectivity index (χ0v) is 9.67. The minimum atomic E-state index is -4.50. The van der Waals surface area contributed by atoms with Gasteiger partial charge in [-0.1, -0.05) is 0 Å². The Morgan fingerprint density at radius 3 is 2.59 bits per heavy atom. The first kappa shape index (κ1) is 12.5. The van der Waals surface area contributed by atoms with E-state index < -0.39 is 17.6 Å². The Morgan fingerprint density at radius 1 is 1.29 bits per heavy atom. The van der Waals surface area contributed by atoms with Crippen molar-refractivity contribution in [1.29, 1.82) is 0 Å². The fourth-order valence-electron chi connectivity index (χ4n) is 1.68. The van der Waals surface area contributed by atoms with Gasteiger partial charge in [-0.05, 0) is 30.4 Å². The van der Waals surface area contributed by atoms with Gasteiger partial charge in [-0.2, -0.15) is 24.9 Å². The normalized spacial score (nSPS) is 20.6. The smallest absolute Gasteiger partial charge is 0.379 e. The SMILES string of the molecule is Fc1cc(C(F)(F)F)ccc1NC1CCSC1. The molecule has 1 fully saturated rings. The molecule has 1 atom stereocenters. The minimum absolute atomic E-state index is 0.144. The number of nitrogens with one attached hydrogen (secondary N) is 1. The second-order valence-electron chi connectivity index (χ2n) is 3.90. The van der Waals surface area contributed by atoms with Crippen LogP contribution in [0.1, 0.15) is 12.0 Å². The van der Waals surface area contributed by atoms with E-state index in [1.165, 1.54) is 0 Å². The summed E-state index contributed by atoms with van der Waals surface area (Å²) in [4.78, 5) is 0. The highest BCUT2D eigenvalue weighted by atomic mass is 32.2. The fourth-order valence-corrected chi connectivity index (χ4v) is 2.83. The molecule has 1 N–H and O–H groups in total. The maximum absolute atomic E-state index is 13.5. The van der Waals surface area contributed by atoms with E-state index in [9.17, 15) is 17.6 Å². The molecule has 1 saturated heterocycles. The number of thioether (sulfide) groups is 1. The van der Waals surface area contributed by atoms with Gasteiger partial charge in [-0.3, -0.25) is 0 Å². The Kier molecular flexibility index (Phi) is 3.51. The molecule has 0 bridgehead atoms. The molecule has 0 radical (unpaired) electrons. The third-order valence-electron chi connectivity index (χ3n) is 2.59. The van der Waals surface area contributed by atoms with Gasteiger partial charge in [0.1, 0.15) is 5.82 Å². The van der Waals surface area contributed by atoms with Crippen molar-refractivity contribution in [2.45, 2.75) is 18.6 Å². The van der Waals surface area contributed by atoms with E-state index >= 15 is 0 Å². The third-order valence-corrected chi connectivity index (χ3v) is 3.75. The van der Waals surface area contributed by atoms with Crippen molar-refractivity contribution in [3.63, 3.8) is 0 Å². The molecule has 1 aromatic carbocycles. The van der Waals surface area contributed by atoms with Gasteiger partial charge in [0.05, 0.1) is 11.3 Å². The standard InChI is InChI=1S/C11H11F4NS/c12-9-5-7(11(13,14)15)1-2-10(9)16-8-3-4-17-6-8/h1-2,5,8,16H,3-4,6H2. The van der Waals surface area contributed by atoms with Crippen molar-refractivity contribution >= 4 is 17.4 Å². The number of hydrogen-bond donors (Lipinski definition) is 1. The molecule has 0 aromatic heterocycles. The van der Waals surface area contributed by atoms with Crippen molar-refractivity contribution < 1.29 is 17.6 Å².